The molecule has 0 saturated carbocycles. The molecule has 0 aliphatic heterocycles. The zero-order valence-electron chi connectivity index (χ0n) is 13.3. The van der Waals surface area contributed by atoms with Crippen molar-refractivity contribution < 1.29 is 9.53 Å². The van der Waals surface area contributed by atoms with E-state index < -0.39 is 0 Å². The summed E-state index contributed by atoms with van der Waals surface area (Å²) in [5, 5.41) is 5.29. The van der Waals surface area contributed by atoms with Gasteiger partial charge < -0.3 is 10.1 Å². The molecule has 0 radical (unpaired) electrons. The van der Waals surface area contributed by atoms with Gasteiger partial charge in [-0.3, -0.25) is 9.78 Å². The maximum atomic E-state index is 12.1. The Bertz CT molecular complexity index is 883. The van der Waals surface area contributed by atoms with E-state index in [0.29, 0.717) is 11.4 Å². The van der Waals surface area contributed by atoms with Gasteiger partial charge in [0.1, 0.15) is 23.1 Å². The second-order valence-corrected chi connectivity index (χ2v) is 5.78. The molecular weight excluding hydrogens is 334 g/mol. The fourth-order valence-electron chi connectivity index (χ4n) is 1.97. The standard InChI is InChI=1S/C19H15N3O2S/c23-18(17-14-25-19(22-17)15-7-2-1-3-8-15)21-11-4-5-12-24-16-9-6-10-20-13-16/h1-3,6-10,13-14H,11-12H2,(H,21,23). The van der Waals surface area contributed by atoms with E-state index in [1.54, 1.807) is 23.8 Å². The summed E-state index contributed by atoms with van der Waals surface area (Å²) in [4.78, 5) is 20.4. The summed E-state index contributed by atoms with van der Waals surface area (Å²) in [6, 6.07) is 13.4. The fourth-order valence-corrected chi connectivity index (χ4v) is 2.78. The minimum atomic E-state index is -0.235. The van der Waals surface area contributed by atoms with E-state index in [1.165, 1.54) is 11.3 Å². The number of nitrogens with one attached hydrogen (secondary N) is 1. The molecule has 0 atom stereocenters. The monoisotopic (exact) mass is 349 g/mol. The lowest BCUT2D eigenvalue weighted by Gasteiger charge is -1.99. The summed E-state index contributed by atoms with van der Waals surface area (Å²) in [6.07, 6.45) is 3.30. The van der Waals surface area contributed by atoms with E-state index >= 15 is 0 Å². The van der Waals surface area contributed by atoms with Crippen LogP contribution in [0.4, 0.5) is 0 Å². The lowest BCUT2D eigenvalue weighted by Crippen LogP contribution is -2.23. The topological polar surface area (TPSA) is 64.1 Å². The van der Waals surface area contributed by atoms with Crippen molar-refractivity contribution in [3.8, 4) is 28.2 Å². The maximum absolute atomic E-state index is 12.1. The van der Waals surface area contributed by atoms with Crippen molar-refractivity contribution in [2.24, 2.45) is 0 Å². The molecule has 3 rings (SSSR count). The Kier molecular flexibility index (Phi) is 5.75. The highest BCUT2D eigenvalue weighted by atomic mass is 32.1. The molecule has 25 heavy (non-hydrogen) atoms. The van der Waals surface area contributed by atoms with Gasteiger partial charge in [0.05, 0.1) is 12.7 Å². The van der Waals surface area contributed by atoms with Crippen LogP contribution in [0, 0.1) is 11.8 Å². The Hall–Kier alpha value is -3.17. The Labute approximate surface area is 149 Å². The van der Waals surface area contributed by atoms with Crippen LogP contribution in [0.15, 0.2) is 60.2 Å². The van der Waals surface area contributed by atoms with Crippen molar-refractivity contribution in [3.63, 3.8) is 0 Å². The van der Waals surface area contributed by atoms with Crippen LogP contribution in [0.5, 0.6) is 5.75 Å². The van der Waals surface area contributed by atoms with Gasteiger partial charge in [-0.25, -0.2) is 4.98 Å². The molecule has 124 valence electrons. The van der Waals surface area contributed by atoms with Crippen LogP contribution in [0.3, 0.4) is 0 Å². The van der Waals surface area contributed by atoms with E-state index in [-0.39, 0.29) is 19.1 Å². The van der Waals surface area contributed by atoms with Crippen LogP contribution in [0.2, 0.25) is 0 Å². The molecule has 0 bridgehead atoms. The number of carbonyl (C=O) groups is 1. The largest absolute Gasteiger partial charge is 0.479 e. The van der Waals surface area contributed by atoms with Gasteiger partial charge in [-0.15, -0.1) is 11.3 Å². The first-order valence-corrected chi connectivity index (χ1v) is 8.48. The summed E-state index contributed by atoms with van der Waals surface area (Å²) >= 11 is 1.44. The van der Waals surface area contributed by atoms with Crippen LogP contribution in [-0.2, 0) is 0 Å². The Morgan fingerprint density at radius 3 is 2.84 bits per heavy atom. The zero-order valence-corrected chi connectivity index (χ0v) is 14.1. The second kappa shape index (κ2) is 8.62. The summed E-state index contributed by atoms with van der Waals surface area (Å²) in [6.45, 7) is 0.490. The molecule has 1 N–H and O–H groups in total. The van der Waals surface area contributed by atoms with Gasteiger partial charge in [-0.05, 0) is 12.1 Å². The highest BCUT2D eigenvalue weighted by molar-refractivity contribution is 7.13. The number of benzene rings is 1. The van der Waals surface area contributed by atoms with E-state index in [2.05, 4.69) is 27.1 Å². The number of ether oxygens (including phenoxy) is 1. The molecule has 0 fully saturated rings. The first-order chi connectivity index (χ1) is 12.3. The third-order valence-corrected chi connectivity index (χ3v) is 4.06. The average molecular weight is 349 g/mol. The van der Waals surface area contributed by atoms with Crippen LogP contribution < -0.4 is 10.1 Å². The van der Waals surface area contributed by atoms with Gasteiger partial charge >= 0.3 is 0 Å². The van der Waals surface area contributed by atoms with Crippen LogP contribution in [0.1, 0.15) is 10.5 Å². The number of amides is 1. The molecule has 1 amide bonds. The Morgan fingerprint density at radius 2 is 2.04 bits per heavy atom. The number of aromatic nitrogens is 2. The van der Waals surface area contributed by atoms with Gasteiger partial charge in [0.2, 0.25) is 0 Å². The highest BCUT2D eigenvalue weighted by Gasteiger charge is 2.10. The lowest BCUT2D eigenvalue weighted by molar-refractivity contribution is 0.0954. The van der Waals surface area contributed by atoms with Crippen molar-refractivity contribution in [3.05, 3.63) is 65.9 Å². The first kappa shape index (κ1) is 16.7. The molecule has 2 aromatic heterocycles. The normalized spacial score (nSPS) is 9.76. The summed E-state index contributed by atoms with van der Waals surface area (Å²) in [5.74, 6) is 6.11. The van der Waals surface area contributed by atoms with Gasteiger partial charge in [0.15, 0.2) is 0 Å². The number of carbonyl (C=O) groups excluding carboxylic acids is 1. The minimum Gasteiger partial charge on any atom is -0.479 e. The van der Waals surface area contributed by atoms with E-state index in [9.17, 15) is 4.79 Å². The van der Waals surface area contributed by atoms with E-state index in [0.717, 1.165) is 10.6 Å². The maximum Gasteiger partial charge on any atom is 0.271 e. The molecule has 2 heterocycles. The third kappa shape index (κ3) is 4.90. The molecule has 0 unspecified atom stereocenters. The Balaban J connectivity index is 1.46. The van der Waals surface area contributed by atoms with Crippen molar-refractivity contribution >= 4 is 17.2 Å². The van der Waals surface area contributed by atoms with Gasteiger partial charge in [-0.2, -0.15) is 0 Å². The molecular formula is C19H15N3O2S. The number of thiazole rings is 1. The van der Waals surface area contributed by atoms with Crippen molar-refractivity contribution in [2.75, 3.05) is 13.2 Å². The number of rotatable bonds is 5. The fraction of sp³-hybridized carbons (Fsp3) is 0.105. The van der Waals surface area contributed by atoms with Crippen molar-refractivity contribution in [1.29, 1.82) is 0 Å². The molecule has 0 aliphatic rings. The molecule has 0 saturated heterocycles. The lowest BCUT2D eigenvalue weighted by atomic mass is 10.2. The van der Waals surface area contributed by atoms with Crippen LogP contribution in [-0.4, -0.2) is 29.0 Å². The van der Waals surface area contributed by atoms with Gasteiger partial charge in [0.25, 0.3) is 5.91 Å². The number of hydrogen-bond acceptors (Lipinski definition) is 5. The SMILES string of the molecule is O=C(NCC#CCOc1cccnc1)c1csc(-c2ccccc2)n1. The molecule has 3 aromatic rings. The smallest absolute Gasteiger partial charge is 0.271 e. The molecule has 0 aliphatic carbocycles. The summed E-state index contributed by atoms with van der Waals surface area (Å²) in [5.41, 5.74) is 1.40. The average Bonchev–Trinajstić information content (AvgIpc) is 3.16. The second-order valence-electron chi connectivity index (χ2n) is 4.92. The van der Waals surface area contributed by atoms with Crippen molar-refractivity contribution in [2.45, 2.75) is 0 Å². The van der Waals surface area contributed by atoms with Crippen LogP contribution in [0.25, 0.3) is 10.6 Å². The number of nitrogens with zero attached hydrogens (tertiary/aromatic N) is 2. The molecule has 0 spiro atoms. The predicted molar refractivity (Wildman–Crippen MR) is 97.4 cm³/mol. The zero-order chi connectivity index (χ0) is 17.3. The summed E-state index contributed by atoms with van der Waals surface area (Å²) < 4.78 is 5.39. The summed E-state index contributed by atoms with van der Waals surface area (Å²) in [7, 11) is 0. The minimum absolute atomic E-state index is 0.235. The Morgan fingerprint density at radius 1 is 1.16 bits per heavy atom. The molecule has 1 aromatic carbocycles. The van der Waals surface area contributed by atoms with E-state index in [1.807, 2.05) is 36.4 Å². The quantitative estimate of drug-likeness (QED) is 0.719. The van der Waals surface area contributed by atoms with E-state index in [4.69, 9.17) is 4.74 Å². The third-order valence-electron chi connectivity index (χ3n) is 3.17. The van der Waals surface area contributed by atoms with Gasteiger partial charge in [0, 0.05) is 17.1 Å². The van der Waals surface area contributed by atoms with Crippen LogP contribution >= 0.6 is 11.3 Å². The molecule has 5 nitrogen and oxygen atoms in total. The number of hydrogen-bond donors (Lipinski definition) is 1. The van der Waals surface area contributed by atoms with Crippen molar-refractivity contribution in [1.82, 2.24) is 15.3 Å². The number of pyridine rings is 1. The van der Waals surface area contributed by atoms with Gasteiger partial charge in [-0.1, -0.05) is 42.2 Å². The highest BCUT2D eigenvalue weighted by Crippen LogP contribution is 2.23. The first-order valence-electron chi connectivity index (χ1n) is 7.60. The predicted octanol–water partition coefficient (Wildman–Crippen LogP) is 3.02. The molecule has 6 heteroatoms.